The summed E-state index contributed by atoms with van der Waals surface area (Å²) in [5, 5.41) is 0.854. The number of aryl methyl sites for hydroxylation is 1. The summed E-state index contributed by atoms with van der Waals surface area (Å²) in [7, 11) is 0. The molecule has 0 unspecified atom stereocenters. The van der Waals surface area contributed by atoms with Gasteiger partial charge in [-0.25, -0.2) is 4.39 Å². The smallest absolute Gasteiger partial charge is 0.124 e. The minimum atomic E-state index is -0.234. The van der Waals surface area contributed by atoms with E-state index in [1.54, 1.807) is 6.07 Å². The van der Waals surface area contributed by atoms with Crippen LogP contribution in [-0.4, -0.2) is 4.57 Å². The molecule has 1 aromatic heterocycles. The summed E-state index contributed by atoms with van der Waals surface area (Å²) in [6, 6.07) is 13.0. The first kappa shape index (κ1) is 12.9. The van der Waals surface area contributed by atoms with Gasteiger partial charge in [0.05, 0.1) is 9.99 Å². The maximum absolute atomic E-state index is 13.4. The summed E-state index contributed by atoms with van der Waals surface area (Å²) < 4.78 is 17.2. The molecule has 19 heavy (non-hydrogen) atoms. The molecule has 0 spiro atoms. The third kappa shape index (κ3) is 2.13. The standard InChI is InChI=1S/C15H10Br2FN/c1-9-2-5-11(6-3-9)19-13-7-4-10(18)8-12(13)14(16)15(19)17/h2-8H,1H3. The van der Waals surface area contributed by atoms with E-state index in [1.165, 1.54) is 17.7 Å². The number of benzene rings is 2. The lowest BCUT2D eigenvalue weighted by molar-refractivity contribution is 0.629. The number of aromatic nitrogens is 1. The number of halogens is 3. The summed E-state index contributed by atoms with van der Waals surface area (Å²) in [6.07, 6.45) is 0. The molecule has 1 nitrogen and oxygen atoms in total. The van der Waals surface area contributed by atoms with Gasteiger partial charge in [0.2, 0.25) is 0 Å². The number of fused-ring (bicyclic) bond motifs is 1. The molecular weight excluding hydrogens is 373 g/mol. The molecule has 96 valence electrons. The summed E-state index contributed by atoms with van der Waals surface area (Å²) in [4.78, 5) is 0. The Labute approximate surface area is 127 Å². The molecule has 0 amide bonds. The largest absolute Gasteiger partial charge is 0.303 e. The number of hydrogen-bond acceptors (Lipinski definition) is 0. The van der Waals surface area contributed by atoms with Gasteiger partial charge in [-0.05, 0) is 69.1 Å². The maximum Gasteiger partial charge on any atom is 0.124 e. The molecule has 0 fully saturated rings. The Morgan fingerprint density at radius 1 is 1.00 bits per heavy atom. The molecule has 0 atom stereocenters. The molecule has 0 aliphatic heterocycles. The molecule has 0 bridgehead atoms. The normalized spacial score (nSPS) is 11.2. The van der Waals surface area contributed by atoms with Crippen molar-refractivity contribution >= 4 is 42.8 Å². The maximum atomic E-state index is 13.4. The number of nitrogens with zero attached hydrogens (tertiary/aromatic N) is 1. The van der Waals surface area contributed by atoms with Crippen LogP contribution in [0.1, 0.15) is 5.56 Å². The Balaban J connectivity index is 2.35. The molecular formula is C15H10Br2FN. The van der Waals surface area contributed by atoms with Gasteiger partial charge in [0.15, 0.2) is 0 Å². The minimum absolute atomic E-state index is 0.234. The van der Waals surface area contributed by atoms with Crippen molar-refractivity contribution in [1.82, 2.24) is 4.57 Å². The average Bonchev–Trinajstić information content (AvgIpc) is 2.64. The highest BCUT2D eigenvalue weighted by molar-refractivity contribution is 9.13. The third-order valence-electron chi connectivity index (χ3n) is 3.11. The van der Waals surface area contributed by atoms with Gasteiger partial charge in [0.25, 0.3) is 0 Å². The van der Waals surface area contributed by atoms with Crippen molar-refractivity contribution in [2.45, 2.75) is 6.92 Å². The highest BCUT2D eigenvalue weighted by atomic mass is 79.9. The predicted molar refractivity (Wildman–Crippen MR) is 83.4 cm³/mol. The van der Waals surface area contributed by atoms with Crippen LogP contribution in [-0.2, 0) is 0 Å². The van der Waals surface area contributed by atoms with Gasteiger partial charge in [0, 0.05) is 11.1 Å². The molecule has 0 radical (unpaired) electrons. The molecule has 0 aliphatic rings. The van der Waals surface area contributed by atoms with Gasteiger partial charge >= 0.3 is 0 Å². The second-order valence-corrected chi connectivity index (χ2v) is 5.98. The minimum Gasteiger partial charge on any atom is -0.303 e. The zero-order chi connectivity index (χ0) is 13.6. The van der Waals surface area contributed by atoms with Gasteiger partial charge in [-0.1, -0.05) is 17.7 Å². The quantitative estimate of drug-likeness (QED) is 0.516. The number of hydrogen-bond donors (Lipinski definition) is 0. The fourth-order valence-electron chi connectivity index (χ4n) is 2.14. The molecule has 2 aromatic carbocycles. The molecule has 0 saturated heterocycles. The van der Waals surface area contributed by atoms with Crippen molar-refractivity contribution in [1.29, 1.82) is 0 Å². The summed E-state index contributed by atoms with van der Waals surface area (Å²) >= 11 is 7.08. The van der Waals surface area contributed by atoms with E-state index < -0.39 is 0 Å². The van der Waals surface area contributed by atoms with Crippen LogP contribution in [0.25, 0.3) is 16.6 Å². The van der Waals surface area contributed by atoms with E-state index >= 15 is 0 Å². The average molecular weight is 383 g/mol. The SMILES string of the molecule is Cc1ccc(-n2c(Br)c(Br)c3cc(F)ccc32)cc1. The number of rotatable bonds is 1. The van der Waals surface area contributed by atoms with Crippen molar-refractivity contribution in [2.24, 2.45) is 0 Å². The highest BCUT2D eigenvalue weighted by Gasteiger charge is 2.15. The summed E-state index contributed by atoms with van der Waals surface area (Å²) in [5.41, 5.74) is 3.21. The monoisotopic (exact) mass is 381 g/mol. The molecule has 3 aromatic rings. The van der Waals surface area contributed by atoms with Crippen LogP contribution in [0, 0.1) is 12.7 Å². The molecule has 0 saturated carbocycles. The fraction of sp³-hybridized carbons (Fsp3) is 0.0667. The lowest BCUT2D eigenvalue weighted by Crippen LogP contribution is -1.93. The second kappa shape index (κ2) is 4.76. The summed E-state index contributed by atoms with van der Waals surface area (Å²) in [6.45, 7) is 2.05. The first-order valence-corrected chi connectivity index (χ1v) is 7.38. The fourth-order valence-corrected chi connectivity index (χ4v) is 3.24. The molecule has 3 rings (SSSR count). The van der Waals surface area contributed by atoms with Crippen molar-refractivity contribution in [2.75, 3.05) is 0 Å². The third-order valence-corrected chi connectivity index (χ3v) is 5.19. The van der Waals surface area contributed by atoms with E-state index in [-0.39, 0.29) is 5.82 Å². The van der Waals surface area contributed by atoms with Crippen LogP contribution < -0.4 is 0 Å². The molecule has 1 heterocycles. The van der Waals surface area contributed by atoms with Gasteiger partial charge in [-0.3, -0.25) is 0 Å². The zero-order valence-electron chi connectivity index (χ0n) is 10.1. The van der Waals surface area contributed by atoms with Crippen LogP contribution in [0.2, 0.25) is 0 Å². The Morgan fingerprint density at radius 3 is 2.37 bits per heavy atom. The van der Waals surface area contributed by atoms with E-state index in [0.29, 0.717) is 0 Å². The van der Waals surface area contributed by atoms with E-state index in [9.17, 15) is 4.39 Å². The second-order valence-electron chi connectivity index (χ2n) is 4.44. The first-order valence-electron chi connectivity index (χ1n) is 5.80. The van der Waals surface area contributed by atoms with Gasteiger partial charge < -0.3 is 4.57 Å². The zero-order valence-corrected chi connectivity index (χ0v) is 13.3. The highest BCUT2D eigenvalue weighted by Crippen LogP contribution is 2.37. The molecule has 0 N–H and O–H groups in total. The Bertz CT molecular complexity index is 760. The van der Waals surface area contributed by atoms with Crippen LogP contribution in [0.4, 0.5) is 4.39 Å². The van der Waals surface area contributed by atoms with Crippen molar-refractivity contribution < 1.29 is 4.39 Å². The van der Waals surface area contributed by atoms with Crippen molar-refractivity contribution in [3.63, 3.8) is 0 Å². The van der Waals surface area contributed by atoms with Crippen LogP contribution in [0.3, 0.4) is 0 Å². The van der Waals surface area contributed by atoms with E-state index in [2.05, 4.69) is 67.6 Å². The Kier molecular flexibility index (Phi) is 3.23. The van der Waals surface area contributed by atoms with Crippen molar-refractivity contribution in [3.05, 3.63) is 62.9 Å². The first-order chi connectivity index (χ1) is 9.08. The van der Waals surface area contributed by atoms with Crippen molar-refractivity contribution in [3.8, 4) is 5.69 Å². The van der Waals surface area contributed by atoms with Gasteiger partial charge in [0.1, 0.15) is 10.4 Å². The topological polar surface area (TPSA) is 4.93 Å². The Hall–Kier alpha value is -1.13. The van der Waals surface area contributed by atoms with Crippen LogP contribution >= 0.6 is 31.9 Å². The van der Waals surface area contributed by atoms with Gasteiger partial charge in [-0.15, -0.1) is 0 Å². The van der Waals surface area contributed by atoms with E-state index in [0.717, 1.165) is 25.7 Å². The lowest BCUT2D eigenvalue weighted by Gasteiger charge is -2.07. The van der Waals surface area contributed by atoms with E-state index in [1.807, 2.05) is 0 Å². The molecule has 4 heteroatoms. The van der Waals surface area contributed by atoms with Gasteiger partial charge in [-0.2, -0.15) is 0 Å². The summed E-state index contributed by atoms with van der Waals surface area (Å²) in [5.74, 6) is -0.234. The lowest BCUT2D eigenvalue weighted by atomic mass is 10.2. The van der Waals surface area contributed by atoms with E-state index in [4.69, 9.17) is 0 Å². The predicted octanol–water partition coefficient (Wildman–Crippen LogP) is 5.60. The Morgan fingerprint density at radius 2 is 1.68 bits per heavy atom. The van der Waals surface area contributed by atoms with Crippen LogP contribution in [0.5, 0.6) is 0 Å². The molecule has 0 aliphatic carbocycles. The van der Waals surface area contributed by atoms with Crippen LogP contribution in [0.15, 0.2) is 51.5 Å².